The number of aliphatic imine (C=N–C) groups is 1. The summed E-state index contributed by atoms with van der Waals surface area (Å²) in [5.74, 6) is 3.49. The first-order valence-corrected chi connectivity index (χ1v) is 18.6. The summed E-state index contributed by atoms with van der Waals surface area (Å²) >= 11 is 7.97. The normalized spacial score (nSPS) is 17.3. The average molecular weight is 703 g/mol. The number of benzene rings is 2. The predicted molar refractivity (Wildman–Crippen MR) is 199 cm³/mol. The number of aryl methyl sites for hydroxylation is 2. The second kappa shape index (κ2) is 13.3. The predicted octanol–water partition coefficient (Wildman–Crippen LogP) is 8.19. The molecule has 10 heteroatoms. The van der Waals surface area contributed by atoms with Crippen molar-refractivity contribution in [2.45, 2.75) is 71.8 Å². The van der Waals surface area contributed by atoms with E-state index in [-0.39, 0.29) is 12.2 Å². The van der Waals surface area contributed by atoms with Crippen LogP contribution in [-0.4, -0.2) is 50.1 Å². The van der Waals surface area contributed by atoms with Crippen molar-refractivity contribution in [3.63, 3.8) is 0 Å². The number of rotatable bonds is 8. The van der Waals surface area contributed by atoms with Crippen molar-refractivity contribution in [1.29, 1.82) is 0 Å². The average Bonchev–Trinajstić information content (AvgIpc) is 3.76. The molecule has 1 aliphatic carbocycles. The lowest BCUT2D eigenvalue weighted by molar-refractivity contribution is -0.120. The van der Waals surface area contributed by atoms with Crippen LogP contribution in [0.2, 0.25) is 5.02 Å². The highest BCUT2D eigenvalue weighted by Crippen LogP contribution is 2.40. The van der Waals surface area contributed by atoms with Gasteiger partial charge in [-0.15, -0.1) is 21.5 Å². The van der Waals surface area contributed by atoms with Crippen LogP contribution in [0.4, 0.5) is 5.82 Å². The van der Waals surface area contributed by atoms with Crippen molar-refractivity contribution in [3.8, 4) is 16.1 Å². The van der Waals surface area contributed by atoms with Crippen molar-refractivity contribution in [2.24, 2.45) is 10.9 Å². The molecule has 2 aromatic carbocycles. The Kier molecular flexibility index (Phi) is 8.73. The molecule has 0 bridgehead atoms. The summed E-state index contributed by atoms with van der Waals surface area (Å²) in [5.41, 5.74) is 8.56. The van der Waals surface area contributed by atoms with Gasteiger partial charge in [-0.2, -0.15) is 0 Å². The third kappa shape index (κ3) is 6.22. The molecule has 5 heterocycles. The highest BCUT2D eigenvalue weighted by molar-refractivity contribution is 7.15. The molecule has 2 aliphatic heterocycles. The van der Waals surface area contributed by atoms with Gasteiger partial charge < -0.3 is 4.90 Å². The molecular formula is C40H39ClN6O2S. The molecule has 0 N–H and O–H groups in total. The highest BCUT2D eigenvalue weighted by Gasteiger charge is 2.32. The number of aromatic nitrogens is 4. The van der Waals surface area contributed by atoms with E-state index in [2.05, 4.69) is 63.8 Å². The molecule has 8 rings (SSSR count). The summed E-state index contributed by atoms with van der Waals surface area (Å²) in [5, 5.41) is 10.7. The number of Topliss-reactive ketones (excluding diaryl/α,β-unsaturated/α-hetero) is 2. The summed E-state index contributed by atoms with van der Waals surface area (Å²) in [6, 6.07) is 17.9. The van der Waals surface area contributed by atoms with Gasteiger partial charge >= 0.3 is 0 Å². The van der Waals surface area contributed by atoms with E-state index < -0.39 is 6.04 Å². The number of thiophene rings is 1. The molecule has 3 aliphatic rings. The molecule has 1 atom stereocenters. The second-order valence-electron chi connectivity index (χ2n) is 13.9. The number of halogens is 1. The minimum atomic E-state index is -0.427. The quantitative estimate of drug-likeness (QED) is 0.162. The lowest BCUT2D eigenvalue weighted by Gasteiger charge is -2.32. The Hall–Kier alpha value is -4.47. The van der Waals surface area contributed by atoms with E-state index in [1.165, 1.54) is 10.4 Å². The van der Waals surface area contributed by atoms with Crippen molar-refractivity contribution in [3.05, 3.63) is 110 Å². The Morgan fingerprint density at radius 3 is 2.42 bits per heavy atom. The van der Waals surface area contributed by atoms with Crippen LogP contribution in [0.1, 0.15) is 82.5 Å². The van der Waals surface area contributed by atoms with Gasteiger partial charge in [0.25, 0.3) is 0 Å². The van der Waals surface area contributed by atoms with E-state index in [4.69, 9.17) is 21.6 Å². The summed E-state index contributed by atoms with van der Waals surface area (Å²) < 4.78 is 2.11. The van der Waals surface area contributed by atoms with E-state index in [9.17, 15) is 9.59 Å². The molecule has 0 unspecified atom stereocenters. The van der Waals surface area contributed by atoms with Crippen molar-refractivity contribution >= 4 is 46.0 Å². The summed E-state index contributed by atoms with van der Waals surface area (Å²) in [6.07, 6.45) is 6.78. The van der Waals surface area contributed by atoms with E-state index in [0.717, 1.165) is 93.9 Å². The first kappa shape index (κ1) is 32.7. The van der Waals surface area contributed by atoms with Crippen molar-refractivity contribution < 1.29 is 9.59 Å². The van der Waals surface area contributed by atoms with Crippen LogP contribution >= 0.6 is 22.9 Å². The van der Waals surface area contributed by atoms with Crippen LogP contribution in [0, 0.1) is 26.7 Å². The molecule has 0 spiro atoms. The minimum Gasteiger partial charge on any atom is -0.357 e. The molecular weight excluding hydrogens is 664 g/mol. The van der Waals surface area contributed by atoms with E-state index in [1.54, 1.807) is 11.3 Å². The number of carbonyl (C=O) groups excluding carboxylic acids is 2. The maximum absolute atomic E-state index is 13.6. The number of nitrogens with zero attached hydrogens (tertiary/aromatic N) is 6. The highest BCUT2D eigenvalue weighted by atomic mass is 35.5. The van der Waals surface area contributed by atoms with Gasteiger partial charge in [0.15, 0.2) is 5.82 Å². The standard InChI is InChI=1S/C40H39ClN6O2S/c1-23-24(2)50-40-37(23)38(27-7-10-32(41)11-8-27)43-35(39-45-44-25(3)47(39)40)21-33(48)12-4-26-14-16-46(17-15-26)36-13-9-30(22-42-36)28-5-6-29-19-34(49)20-31(29)18-28/h5-11,13,18,22,26,35H,4,12,14-17,19-21H2,1-3H3/t35-/m0/s1. The van der Waals surface area contributed by atoms with Crippen LogP contribution in [0.3, 0.4) is 0 Å². The summed E-state index contributed by atoms with van der Waals surface area (Å²) in [7, 11) is 0. The third-order valence-electron chi connectivity index (χ3n) is 10.6. The van der Waals surface area contributed by atoms with Gasteiger partial charge in [0, 0.05) is 71.6 Å². The number of hydrogen-bond donors (Lipinski definition) is 0. The first-order chi connectivity index (χ1) is 24.2. The zero-order chi connectivity index (χ0) is 34.5. The zero-order valence-corrected chi connectivity index (χ0v) is 30.2. The number of pyridine rings is 1. The van der Waals surface area contributed by atoms with E-state index in [1.807, 2.05) is 37.4 Å². The summed E-state index contributed by atoms with van der Waals surface area (Å²) in [6.45, 7) is 8.08. The number of ketones is 2. The summed E-state index contributed by atoms with van der Waals surface area (Å²) in [4.78, 5) is 39.1. The van der Waals surface area contributed by atoms with Gasteiger partial charge in [-0.3, -0.25) is 19.1 Å². The molecule has 254 valence electrons. The smallest absolute Gasteiger partial charge is 0.163 e. The lowest BCUT2D eigenvalue weighted by atomic mass is 9.90. The van der Waals surface area contributed by atoms with Crippen LogP contribution in [0.15, 0.2) is 65.8 Å². The third-order valence-corrected chi connectivity index (χ3v) is 12.1. The SMILES string of the molecule is Cc1sc2c(c1C)C(c1ccc(Cl)cc1)=N[C@@H](CC(=O)CCC1CCN(c3ccc(-c4ccc5c(c4)CC(=O)C5)cn3)CC1)c1nnc(C)n1-2. The van der Waals surface area contributed by atoms with Crippen molar-refractivity contribution in [1.82, 2.24) is 19.7 Å². The Balaban J connectivity index is 0.918. The fourth-order valence-electron chi connectivity index (χ4n) is 7.64. The van der Waals surface area contributed by atoms with Crippen LogP contribution in [0.25, 0.3) is 16.1 Å². The first-order valence-electron chi connectivity index (χ1n) is 17.4. The van der Waals surface area contributed by atoms with Gasteiger partial charge in [0.1, 0.15) is 34.3 Å². The topological polar surface area (TPSA) is 93.3 Å². The molecule has 50 heavy (non-hydrogen) atoms. The Bertz CT molecular complexity index is 2140. The van der Waals surface area contributed by atoms with Crippen molar-refractivity contribution in [2.75, 3.05) is 18.0 Å². The van der Waals surface area contributed by atoms with Crippen LogP contribution in [0.5, 0.6) is 0 Å². The fraction of sp³-hybridized carbons (Fsp3) is 0.350. The van der Waals surface area contributed by atoms with Crippen LogP contribution in [-0.2, 0) is 22.4 Å². The lowest BCUT2D eigenvalue weighted by Crippen LogP contribution is -2.34. The van der Waals surface area contributed by atoms with E-state index >= 15 is 0 Å². The molecule has 3 aromatic heterocycles. The van der Waals surface area contributed by atoms with Gasteiger partial charge in [-0.1, -0.05) is 41.9 Å². The second-order valence-corrected chi connectivity index (χ2v) is 15.5. The molecule has 1 fully saturated rings. The molecule has 1 saturated heterocycles. The van der Waals surface area contributed by atoms with Gasteiger partial charge in [-0.05, 0) is 92.5 Å². The number of fused-ring (bicyclic) bond motifs is 4. The Morgan fingerprint density at radius 1 is 0.920 bits per heavy atom. The molecule has 5 aromatic rings. The van der Waals surface area contributed by atoms with Crippen LogP contribution < -0.4 is 4.90 Å². The molecule has 8 nitrogen and oxygen atoms in total. The maximum Gasteiger partial charge on any atom is 0.163 e. The van der Waals surface area contributed by atoms with Gasteiger partial charge in [0.05, 0.1) is 5.71 Å². The van der Waals surface area contributed by atoms with Gasteiger partial charge in [-0.25, -0.2) is 4.98 Å². The molecule has 0 saturated carbocycles. The fourth-order valence-corrected chi connectivity index (χ4v) is 8.98. The minimum absolute atomic E-state index is 0.204. The van der Waals surface area contributed by atoms with E-state index in [0.29, 0.717) is 36.0 Å². The van der Waals surface area contributed by atoms with Gasteiger partial charge in [0.2, 0.25) is 0 Å². The largest absolute Gasteiger partial charge is 0.357 e. The number of piperidine rings is 1. The molecule has 0 amide bonds. The Labute approximate surface area is 301 Å². The number of hydrogen-bond acceptors (Lipinski definition) is 8. The molecule has 0 radical (unpaired) electrons. The zero-order valence-electron chi connectivity index (χ0n) is 28.6. The number of anilines is 1. The monoisotopic (exact) mass is 702 g/mol. The number of carbonyl (C=O) groups is 2. The Morgan fingerprint density at radius 2 is 1.66 bits per heavy atom. The maximum atomic E-state index is 13.6.